The number of hydrogen-bond donors (Lipinski definition) is 1. The molecule has 0 unspecified atom stereocenters. The van der Waals surface area contributed by atoms with Crippen LogP contribution in [0.25, 0.3) is 0 Å². The van der Waals surface area contributed by atoms with Crippen LogP contribution in [0.3, 0.4) is 0 Å². The average Bonchev–Trinajstić information content (AvgIpc) is 1.87. The van der Waals surface area contributed by atoms with E-state index >= 15 is 0 Å². The molecule has 0 aromatic heterocycles. The third kappa shape index (κ3) is 7.28. The van der Waals surface area contributed by atoms with E-state index in [-0.39, 0.29) is 0 Å². The molecule has 0 bridgehead atoms. The zero-order chi connectivity index (χ0) is 7.82. The maximum Gasteiger partial charge on any atom is 0.0751 e. The summed E-state index contributed by atoms with van der Waals surface area (Å²) in [5.74, 6) is 0. The van der Waals surface area contributed by atoms with E-state index in [9.17, 15) is 0 Å². The summed E-state index contributed by atoms with van der Waals surface area (Å²) in [6.07, 6.45) is 8.32. The topological polar surface area (TPSA) is 20.2 Å². The van der Waals surface area contributed by atoms with Gasteiger partial charge in [0.05, 0.1) is 6.26 Å². The largest absolute Gasteiger partial charge is 0.516 e. The highest BCUT2D eigenvalue weighted by molar-refractivity contribution is 4.92. The maximum atomic E-state index is 8.28. The highest BCUT2D eigenvalue weighted by atomic mass is 16.2. The molecule has 1 nitrogen and oxygen atoms in total. The van der Waals surface area contributed by atoms with Crippen molar-refractivity contribution in [2.24, 2.45) is 0 Å². The molecule has 10 heavy (non-hydrogen) atoms. The molecule has 0 saturated heterocycles. The number of unbranched alkanes of at least 4 members (excludes halogenated alkanes) is 2. The van der Waals surface area contributed by atoms with Gasteiger partial charge in [-0.25, -0.2) is 0 Å². The Labute approximate surface area is 63.1 Å². The quantitative estimate of drug-likeness (QED) is 0.361. The van der Waals surface area contributed by atoms with Crippen LogP contribution in [0.2, 0.25) is 0 Å². The van der Waals surface area contributed by atoms with E-state index in [1.807, 2.05) is 0 Å². The van der Waals surface area contributed by atoms with Gasteiger partial charge in [0.2, 0.25) is 0 Å². The van der Waals surface area contributed by atoms with Gasteiger partial charge in [0.25, 0.3) is 0 Å². The zero-order valence-electron chi connectivity index (χ0n) is 6.80. The lowest BCUT2D eigenvalue weighted by Gasteiger charge is -1.90. The van der Waals surface area contributed by atoms with Crippen LogP contribution in [-0.4, -0.2) is 5.11 Å². The van der Waals surface area contributed by atoms with E-state index in [1.165, 1.54) is 5.57 Å². The van der Waals surface area contributed by atoms with Gasteiger partial charge in [0.15, 0.2) is 0 Å². The van der Waals surface area contributed by atoms with Crippen molar-refractivity contribution in [3.63, 3.8) is 0 Å². The fraction of sp³-hybridized carbons (Fsp3) is 0.556. The normalized spacial score (nSPS) is 10.2. The van der Waals surface area contributed by atoms with Gasteiger partial charge in [0.1, 0.15) is 0 Å². The summed E-state index contributed by atoms with van der Waals surface area (Å²) in [6, 6.07) is 0. The molecule has 0 rings (SSSR count). The summed E-state index contributed by atoms with van der Waals surface area (Å²) >= 11 is 0. The van der Waals surface area contributed by atoms with E-state index in [0.29, 0.717) is 0 Å². The average molecular weight is 140 g/mol. The summed E-state index contributed by atoms with van der Waals surface area (Å²) in [4.78, 5) is 0. The Kier molecular flexibility index (Phi) is 5.94. The number of aliphatic hydroxyl groups is 1. The van der Waals surface area contributed by atoms with E-state index in [0.717, 1.165) is 25.5 Å². The lowest BCUT2D eigenvalue weighted by atomic mass is 10.2. The van der Waals surface area contributed by atoms with Crippen LogP contribution in [0.4, 0.5) is 0 Å². The number of allylic oxidation sites excluding steroid dienone is 3. The van der Waals surface area contributed by atoms with Crippen LogP contribution in [0, 0.1) is 0 Å². The molecule has 0 aliphatic heterocycles. The molecule has 0 atom stereocenters. The Bertz CT molecular complexity index is 119. The molecule has 0 aliphatic rings. The standard InChI is InChI=1S/C9H16O/c1-9(2)7-5-3-4-6-8-10/h6-8,10H,3-5H2,1-2H3/b8-6-. The van der Waals surface area contributed by atoms with Gasteiger partial charge in [-0.2, -0.15) is 0 Å². The summed E-state index contributed by atoms with van der Waals surface area (Å²) < 4.78 is 0. The summed E-state index contributed by atoms with van der Waals surface area (Å²) in [5, 5.41) is 8.28. The molecule has 1 N–H and O–H groups in total. The summed E-state index contributed by atoms with van der Waals surface area (Å²) in [5.41, 5.74) is 1.37. The van der Waals surface area contributed by atoms with Crippen molar-refractivity contribution in [3.8, 4) is 0 Å². The van der Waals surface area contributed by atoms with Gasteiger partial charge >= 0.3 is 0 Å². The second-order valence-electron chi connectivity index (χ2n) is 2.60. The van der Waals surface area contributed by atoms with Crippen LogP contribution < -0.4 is 0 Å². The van der Waals surface area contributed by atoms with Gasteiger partial charge in [0, 0.05) is 0 Å². The first-order valence-corrected chi connectivity index (χ1v) is 3.70. The molecule has 1 heteroatoms. The van der Waals surface area contributed by atoms with Crippen LogP contribution in [0.5, 0.6) is 0 Å². The molecule has 0 aromatic rings. The lowest BCUT2D eigenvalue weighted by molar-refractivity contribution is 0.470. The first-order chi connectivity index (χ1) is 4.77. The number of rotatable bonds is 4. The molecule has 0 aliphatic carbocycles. The van der Waals surface area contributed by atoms with E-state index in [1.54, 1.807) is 6.08 Å². The second kappa shape index (κ2) is 6.40. The van der Waals surface area contributed by atoms with Crippen LogP contribution in [0.15, 0.2) is 24.0 Å². The van der Waals surface area contributed by atoms with E-state index in [4.69, 9.17) is 5.11 Å². The third-order valence-electron chi connectivity index (χ3n) is 1.23. The van der Waals surface area contributed by atoms with Gasteiger partial charge in [-0.3, -0.25) is 0 Å². The van der Waals surface area contributed by atoms with Crippen LogP contribution >= 0.6 is 0 Å². The molecular weight excluding hydrogens is 124 g/mol. The van der Waals surface area contributed by atoms with Crippen molar-refractivity contribution in [1.82, 2.24) is 0 Å². The molecule has 0 radical (unpaired) electrons. The fourth-order valence-corrected chi connectivity index (χ4v) is 0.701. The molecule has 0 aromatic carbocycles. The lowest BCUT2D eigenvalue weighted by Crippen LogP contribution is -1.70. The molecule has 0 saturated carbocycles. The van der Waals surface area contributed by atoms with Crippen molar-refractivity contribution in [2.45, 2.75) is 33.1 Å². The number of hydrogen-bond acceptors (Lipinski definition) is 1. The summed E-state index contributed by atoms with van der Waals surface area (Å²) in [7, 11) is 0. The SMILES string of the molecule is CC(C)=CCCC/C=C\O. The smallest absolute Gasteiger partial charge is 0.0751 e. The Morgan fingerprint density at radius 1 is 1.30 bits per heavy atom. The van der Waals surface area contributed by atoms with Gasteiger partial charge < -0.3 is 5.11 Å². The van der Waals surface area contributed by atoms with Gasteiger partial charge in [-0.05, 0) is 33.1 Å². The minimum Gasteiger partial charge on any atom is -0.516 e. The zero-order valence-corrected chi connectivity index (χ0v) is 6.80. The Morgan fingerprint density at radius 3 is 2.50 bits per heavy atom. The van der Waals surface area contributed by atoms with Crippen molar-refractivity contribution in [2.75, 3.05) is 0 Å². The molecule has 0 heterocycles. The number of aliphatic hydroxyl groups excluding tert-OH is 1. The predicted octanol–water partition coefficient (Wildman–Crippen LogP) is 3.19. The van der Waals surface area contributed by atoms with E-state index < -0.39 is 0 Å². The molecule has 0 amide bonds. The monoisotopic (exact) mass is 140 g/mol. The third-order valence-corrected chi connectivity index (χ3v) is 1.23. The molecule has 58 valence electrons. The van der Waals surface area contributed by atoms with Crippen LogP contribution in [0.1, 0.15) is 33.1 Å². The Hall–Kier alpha value is -0.720. The fourth-order valence-electron chi connectivity index (χ4n) is 0.701. The van der Waals surface area contributed by atoms with Crippen molar-refractivity contribution in [3.05, 3.63) is 24.0 Å². The molecular formula is C9H16O. The second-order valence-corrected chi connectivity index (χ2v) is 2.60. The predicted molar refractivity (Wildman–Crippen MR) is 45.1 cm³/mol. The van der Waals surface area contributed by atoms with Crippen molar-refractivity contribution in [1.29, 1.82) is 0 Å². The molecule has 0 spiro atoms. The summed E-state index contributed by atoms with van der Waals surface area (Å²) in [6.45, 7) is 4.20. The van der Waals surface area contributed by atoms with Gasteiger partial charge in [-0.15, -0.1) is 0 Å². The van der Waals surface area contributed by atoms with Crippen molar-refractivity contribution < 1.29 is 5.11 Å². The maximum absolute atomic E-state index is 8.28. The van der Waals surface area contributed by atoms with Crippen molar-refractivity contribution >= 4 is 0 Å². The van der Waals surface area contributed by atoms with Crippen LogP contribution in [-0.2, 0) is 0 Å². The minimum absolute atomic E-state index is 0.972. The van der Waals surface area contributed by atoms with E-state index in [2.05, 4.69) is 19.9 Å². The first kappa shape index (κ1) is 9.28. The van der Waals surface area contributed by atoms with Gasteiger partial charge in [-0.1, -0.05) is 17.7 Å². The highest BCUT2D eigenvalue weighted by Crippen LogP contribution is 2.00. The molecule has 0 fully saturated rings. The first-order valence-electron chi connectivity index (χ1n) is 3.70. The Morgan fingerprint density at radius 2 is 2.00 bits per heavy atom. The minimum atomic E-state index is 0.972. The highest BCUT2D eigenvalue weighted by Gasteiger charge is 1.80. The Balaban J connectivity index is 3.13.